The second-order valence-electron chi connectivity index (χ2n) is 7.07. The summed E-state index contributed by atoms with van der Waals surface area (Å²) in [5.74, 6) is 5.52. The van der Waals surface area contributed by atoms with Crippen LogP contribution in [0.4, 0.5) is 0 Å². The van der Waals surface area contributed by atoms with E-state index in [1.165, 1.54) is 0 Å². The molecule has 0 saturated carbocycles. The van der Waals surface area contributed by atoms with Crippen LogP contribution in [0.1, 0.15) is 47.2 Å². The van der Waals surface area contributed by atoms with Crippen LogP contribution in [0.2, 0.25) is 0 Å². The van der Waals surface area contributed by atoms with Crippen LogP contribution in [-0.4, -0.2) is 38.2 Å². The number of piperidine rings is 1. The van der Waals surface area contributed by atoms with Gasteiger partial charge in [-0.15, -0.1) is 0 Å². The van der Waals surface area contributed by atoms with E-state index in [0.29, 0.717) is 18.5 Å². The highest BCUT2D eigenvalue weighted by Gasteiger charge is 2.39. The van der Waals surface area contributed by atoms with E-state index in [9.17, 15) is 14.4 Å². The minimum atomic E-state index is -0.605. The Labute approximate surface area is 182 Å². The molecule has 3 heterocycles. The smallest absolute Gasteiger partial charge is 0.255 e. The first-order valence-electron chi connectivity index (χ1n) is 9.45. The van der Waals surface area contributed by atoms with E-state index in [-0.39, 0.29) is 18.2 Å². The van der Waals surface area contributed by atoms with Crippen LogP contribution in [0, 0.1) is 15.5 Å². The summed E-state index contributed by atoms with van der Waals surface area (Å²) in [5.41, 5.74) is 2.27. The molecule has 29 heavy (non-hydrogen) atoms. The fraction of sp³-hybridized carbons (Fsp3) is 0.333. The van der Waals surface area contributed by atoms with E-state index in [1.807, 2.05) is 29.2 Å². The molecule has 4 rings (SSSR count). The molecule has 0 radical (unpaired) electrons. The summed E-state index contributed by atoms with van der Waals surface area (Å²) in [6.07, 6.45) is 6.07. The Morgan fingerprint density at radius 2 is 2.14 bits per heavy atom. The molecule has 1 atom stereocenters. The Morgan fingerprint density at radius 1 is 1.28 bits per heavy atom. The van der Waals surface area contributed by atoms with Gasteiger partial charge in [-0.1, -0.05) is 17.9 Å². The van der Waals surface area contributed by atoms with E-state index in [4.69, 9.17) is 0 Å². The highest BCUT2D eigenvalue weighted by atomic mass is 127. The lowest BCUT2D eigenvalue weighted by atomic mass is 10.0. The summed E-state index contributed by atoms with van der Waals surface area (Å²) in [5, 5.41) is 2.32. The Hall–Kier alpha value is -2.67. The van der Waals surface area contributed by atoms with Crippen molar-refractivity contribution >= 4 is 40.3 Å². The summed E-state index contributed by atoms with van der Waals surface area (Å²) in [6.45, 7) is 1.21. The molecule has 1 fully saturated rings. The molecule has 1 aromatic carbocycles. The van der Waals surface area contributed by atoms with E-state index in [2.05, 4.69) is 44.7 Å². The van der Waals surface area contributed by atoms with Gasteiger partial charge in [0, 0.05) is 43.3 Å². The summed E-state index contributed by atoms with van der Waals surface area (Å²) < 4.78 is 3.01. The molecule has 1 N–H and O–H groups in total. The second-order valence-corrected chi connectivity index (χ2v) is 8.18. The van der Waals surface area contributed by atoms with Crippen LogP contribution in [0.25, 0.3) is 0 Å². The summed E-state index contributed by atoms with van der Waals surface area (Å²) in [6, 6.07) is 4.90. The standard InChI is InChI=1S/C21H19IN4O3/c22-18-12-25(13-23-18)10-3-1-2-5-14-6-4-7-15-16(14)11-26(21(15)29)17-8-9-19(27)24-20(17)28/h4,6-7,12-13,17H,1,3,8-11H2,(H,24,27,28). The molecule has 1 saturated heterocycles. The fourth-order valence-corrected chi connectivity index (χ4v) is 4.15. The number of imidazole rings is 1. The molecule has 2 aliphatic rings. The maximum absolute atomic E-state index is 12.8. The van der Waals surface area contributed by atoms with Gasteiger partial charge in [0.05, 0.1) is 6.33 Å². The number of benzene rings is 1. The zero-order valence-corrected chi connectivity index (χ0v) is 17.8. The van der Waals surface area contributed by atoms with Gasteiger partial charge >= 0.3 is 0 Å². The van der Waals surface area contributed by atoms with Crippen LogP contribution in [-0.2, 0) is 22.7 Å². The highest BCUT2D eigenvalue weighted by Crippen LogP contribution is 2.29. The SMILES string of the molecule is O=C1CCC(N2Cc3c(C#CCCCn4cnc(I)c4)cccc3C2=O)C(=O)N1. The van der Waals surface area contributed by atoms with Crippen LogP contribution in [0.3, 0.4) is 0 Å². The highest BCUT2D eigenvalue weighted by molar-refractivity contribution is 14.1. The number of nitrogens with one attached hydrogen (secondary N) is 1. The van der Waals surface area contributed by atoms with Crippen molar-refractivity contribution in [2.24, 2.45) is 0 Å². The first-order valence-corrected chi connectivity index (χ1v) is 10.5. The molecule has 8 heteroatoms. The maximum atomic E-state index is 12.8. The quantitative estimate of drug-likeness (QED) is 0.301. The predicted octanol–water partition coefficient (Wildman–Crippen LogP) is 2.08. The largest absolute Gasteiger partial charge is 0.336 e. The minimum absolute atomic E-state index is 0.173. The molecule has 148 valence electrons. The topological polar surface area (TPSA) is 84.3 Å². The van der Waals surface area contributed by atoms with Crippen LogP contribution in [0.5, 0.6) is 0 Å². The number of carbonyl (C=O) groups excluding carboxylic acids is 3. The second kappa shape index (κ2) is 8.37. The molecular formula is C21H19IN4O3. The van der Waals surface area contributed by atoms with Crippen molar-refractivity contribution < 1.29 is 14.4 Å². The number of amides is 3. The lowest BCUT2D eigenvalue weighted by molar-refractivity contribution is -0.136. The molecule has 2 aromatic rings. The van der Waals surface area contributed by atoms with Gasteiger partial charge in [-0.2, -0.15) is 0 Å². The minimum Gasteiger partial charge on any atom is -0.336 e. The molecule has 7 nitrogen and oxygen atoms in total. The van der Waals surface area contributed by atoms with Crippen molar-refractivity contribution in [3.63, 3.8) is 0 Å². The third kappa shape index (κ3) is 4.19. The number of halogens is 1. The fourth-order valence-electron chi connectivity index (χ4n) is 3.67. The molecule has 1 unspecified atom stereocenters. The van der Waals surface area contributed by atoms with Crippen LogP contribution >= 0.6 is 22.6 Å². The molecule has 2 aliphatic heterocycles. The zero-order chi connectivity index (χ0) is 20.4. The van der Waals surface area contributed by atoms with Crippen molar-refractivity contribution in [1.29, 1.82) is 0 Å². The number of hydrogen-bond acceptors (Lipinski definition) is 4. The van der Waals surface area contributed by atoms with Crippen molar-refractivity contribution in [2.45, 2.75) is 44.8 Å². The maximum Gasteiger partial charge on any atom is 0.255 e. The molecular weight excluding hydrogens is 483 g/mol. The number of aromatic nitrogens is 2. The summed E-state index contributed by atoms with van der Waals surface area (Å²) in [4.78, 5) is 42.1. The van der Waals surface area contributed by atoms with Gasteiger partial charge in [0.15, 0.2) is 0 Å². The number of imide groups is 1. The van der Waals surface area contributed by atoms with E-state index >= 15 is 0 Å². The van der Waals surface area contributed by atoms with Gasteiger partial charge in [0.1, 0.15) is 9.74 Å². The van der Waals surface area contributed by atoms with Gasteiger partial charge in [-0.05, 0) is 53.1 Å². The average molecular weight is 502 g/mol. The molecule has 1 aromatic heterocycles. The van der Waals surface area contributed by atoms with Gasteiger partial charge in [-0.25, -0.2) is 4.98 Å². The molecule has 3 amide bonds. The van der Waals surface area contributed by atoms with Gasteiger partial charge in [0.25, 0.3) is 5.91 Å². The van der Waals surface area contributed by atoms with Gasteiger partial charge < -0.3 is 9.47 Å². The number of unbranched alkanes of at least 4 members (excludes halogenated alkanes) is 1. The van der Waals surface area contributed by atoms with Crippen LogP contribution in [0.15, 0.2) is 30.7 Å². The number of nitrogens with zero attached hydrogens (tertiary/aromatic N) is 3. The van der Waals surface area contributed by atoms with Gasteiger partial charge in [0.2, 0.25) is 11.8 Å². The number of carbonyl (C=O) groups is 3. The first kappa shape index (κ1) is 19.6. The lowest BCUT2D eigenvalue weighted by Crippen LogP contribution is -2.52. The molecule has 0 bridgehead atoms. The monoisotopic (exact) mass is 502 g/mol. The predicted molar refractivity (Wildman–Crippen MR) is 114 cm³/mol. The Bertz CT molecular complexity index is 1050. The Kier molecular flexibility index (Phi) is 5.67. The van der Waals surface area contributed by atoms with Crippen LogP contribution < -0.4 is 5.32 Å². The molecule has 0 aliphatic carbocycles. The lowest BCUT2D eigenvalue weighted by Gasteiger charge is -2.29. The third-order valence-electron chi connectivity index (χ3n) is 5.12. The van der Waals surface area contributed by atoms with Gasteiger partial charge in [-0.3, -0.25) is 19.7 Å². The number of aryl methyl sites for hydroxylation is 1. The van der Waals surface area contributed by atoms with E-state index in [1.54, 1.807) is 11.0 Å². The normalized spacial score (nSPS) is 18.3. The summed E-state index contributed by atoms with van der Waals surface area (Å²) in [7, 11) is 0. The van der Waals surface area contributed by atoms with Crippen molar-refractivity contribution in [2.75, 3.05) is 0 Å². The Balaban J connectivity index is 1.43. The Morgan fingerprint density at radius 3 is 2.90 bits per heavy atom. The molecule has 0 spiro atoms. The van der Waals surface area contributed by atoms with Crippen molar-refractivity contribution in [3.05, 3.63) is 51.1 Å². The number of rotatable bonds is 4. The van der Waals surface area contributed by atoms with Crippen molar-refractivity contribution in [3.8, 4) is 11.8 Å². The van der Waals surface area contributed by atoms with E-state index < -0.39 is 11.9 Å². The summed E-state index contributed by atoms with van der Waals surface area (Å²) >= 11 is 2.18. The number of fused-ring (bicyclic) bond motifs is 1. The zero-order valence-electron chi connectivity index (χ0n) is 15.7. The van der Waals surface area contributed by atoms with Crippen molar-refractivity contribution in [1.82, 2.24) is 19.8 Å². The third-order valence-corrected chi connectivity index (χ3v) is 5.68. The average Bonchev–Trinajstić information content (AvgIpc) is 3.25. The number of hydrogen-bond donors (Lipinski definition) is 1. The van der Waals surface area contributed by atoms with E-state index in [0.717, 1.165) is 34.2 Å². The first-order chi connectivity index (χ1) is 14.0.